The summed E-state index contributed by atoms with van der Waals surface area (Å²) in [6.45, 7) is 5.86. The summed E-state index contributed by atoms with van der Waals surface area (Å²) in [7, 11) is 2.04. The Labute approximate surface area is 84.8 Å². The summed E-state index contributed by atoms with van der Waals surface area (Å²) < 4.78 is 0. The van der Waals surface area contributed by atoms with E-state index in [-0.39, 0.29) is 0 Å². The molecule has 3 nitrogen and oxygen atoms in total. The number of hydrogen-bond acceptors (Lipinski definition) is 3. The van der Waals surface area contributed by atoms with Crippen molar-refractivity contribution in [1.29, 1.82) is 0 Å². The van der Waals surface area contributed by atoms with E-state index in [0.717, 1.165) is 30.5 Å². The van der Waals surface area contributed by atoms with E-state index in [4.69, 9.17) is 0 Å². The number of nitrogens with zero attached hydrogens (tertiary/aromatic N) is 2. The fraction of sp³-hybridized carbons (Fsp3) is 0.455. The van der Waals surface area contributed by atoms with Crippen molar-refractivity contribution < 1.29 is 4.79 Å². The van der Waals surface area contributed by atoms with Gasteiger partial charge in [0.25, 0.3) is 0 Å². The Morgan fingerprint density at radius 1 is 1.50 bits per heavy atom. The van der Waals surface area contributed by atoms with Crippen molar-refractivity contribution in [1.82, 2.24) is 9.88 Å². The van der Waals surface area contributed by atoms with Crippen LogP contribution < -0.4 is 0 Å². The van der Waals surface area contributed by atoms with Crippen LogP contribution in [0.25, 0.3) is 0 Å². The number of aldehydes is 1. The predicted molar refractivity (Wildman–Crippen MR) is 56.4 cm³/mol. The number of rotatable bonds is 4. The van der Waals surface area contributed by atoms with Crippen LogP contribution in [0, 0.1) is 6.92 Å². The molecule has 76 valence electrons. The molecule has 0 saturated heterocycles. The fourth-order valence-corrected chi connectivity index (χ4v) is 1.31. The molecule has 0 N–H and O–H groups in total. The first-order valence-electron chi connectivity index (χ1n) is 4.76. The number of pyridine rings is 1. The van der Waals surface area contributed by atoms with Crippen molar-refractivity contribution in [3.63, 3.8) is 0 Å². The molecule has 0 unspecified atom stereocenters. The van der Waals surface area contributed by atoms with Crippen molar-refractivity contribution in [3.8, 4) is 0 Å². The molecule has 0 bridgehead atoms. The minimum atomic E-state index is 0.699. The number of aromatic nitrogens is 1. The summed E-state index contributed by atoms with van der Waals surface area (Å²) in [5.41, 5.74) is 2.86. The van der Waals surface area contributed by atoms with Gasteiger partial charge in [0.1, 0.15) is 0 Å². The molecule has 1 aromatic rings. The topological polar surface area (TPSA) is 33.2 Å². The normalized spacial score (nSPS) is 10.6. The van der Waals surface area contributed by atoms with Gasteiger partial charge in [-0.05, 0) is 31.6 Å². The van der Waals surface area contributed by atoms with E-state index in [9.17, 15) is 4.79 Å². The SMILES string of the molecule is CCN(C)Cc1c(C)cncc1C=O. The quantitative estimate of drug-likeness (QED) is 0.680. The molecule has 0 amide bonds. The van der Waals surface area contributed by atoms with Gasteiger partial charge in [-0.25, -0.2) is 0 Å². The monoisotopic (exact) mass is 192 g/mol. The van der Waals surface area contributed by atoms with Crippen molar-refractivity contribution in [2.24, 2.45) is 0 Å². The molecular formula is C11H16N2O. The van der Waals surface area contributed by atoms with Gasteiger partial charge in [0, 0.05) is 24.5 Å². The van der Waals surface area contributed by atoms with E-state index in [1.807, 2.05) is 14.0 Å². The van der Waals surface area contributed by atoms with Gasteiger partial charge in [-0.15, -0.1) is 0 Å². The summed E-state index contributed by atoms with van der Waals surface area (Å²) in [6.07, 6.45) is 4.30. The van der Waals surface area contributed by atoms with E-state index in [1.165, 1.54) is 0 Å². The maximum Gasteiger partial charge on any atom is 0.151 e. The van der Waals surface area contributed by atoms with Crippen LogP contribution in [0.4, 0.5) is 0 Å². The third-order valence-electron chi connectivity index (χ3n) is 2.40. The van der Waals surface area contributed by atoms with E-state index >= 15 is 0 Å². The summed E-state index contributed by atoms with van der Waals surface area (Å²) in [4.78, 5) is 17.0. The third-order valence-corrected chi connectivity index (χ3v) is 2.40. The first kappa shape index (κ1) is 10.9. The summed E-state index contributed by atoms with van der Waals surface area (Å²) in [5, 5.41) is 0. The zero-order chi connectivity index (χ0) is 10.6. The van der Waals surface area contributed by atoms with Crippen molar-refractivity contribution in [2.75, 3.05) is 13.6 Å². The molecule has 0 saturated carbocycles. The van der Waals surface area contributed by atoms with Crippen molar-refractivity contribution in [2.45, 2.75) is 20.4 Å². The summed E-state index contributed by atoms with van der Waals surface area (Å²) in [5.74, 6) is 0. The van der Waals surface area contributed by atoms with Crippen LogP contribution in [-0.2, 0) is 6.54 Å². The van der Waals surface area contributed by atoms with Gasteiger partial charge >= 0.3 is 0 Å². The molecule has 0 aliphatic heterocycles. The van der Waals surface area contributed by atoms with E-state index in [0.29, 0.717) is 5.56 Å². The second-order valence-corrected chi connectivity index (χ2v) is 3.47. The minimum absolute atomic E-state index is 0.699. The average molecular weight is 192 g/mol. The fourth-order valence-electron chi connectivity index (χ4n) is 1.31. The Hall–Kier alpha value is -1.22. The largest absolute Gasteiger partial charge is 0.302 e. The standard InChI is InChI=1S/C11H16N2O/c1-4-13(3)7-11-9(2)5-12-6-10(11)8-14/h5-6,8H,4,7H2,1-3H3. The Kier molecular flexibility index (Phi) is 3.77. The van der Waals surface area contributed by atoms with Gasteiger partial charge in [-0.3, -0.25) is 9.78 Å². The number of hydrogen-bond donors (Lipinski definition) is 0. The average Bonchev–Trinajstić information content (AvgIpc) is 2.20. The number of aryl methyl sites for hydroxylation is 1. The predicted octanol–water partition coefficient (Wildman–Crippen LogP) is 1.65. The second-order valence-electron chi connectivity index (χ2n) is 3.47. The molecule has 0 radical (unpaired) electrons. The molecule has 0 fully saturated rings. The second kappa shape index (κ2) is 4.86. The molecule has 0 atom stereocenters. The van der Waals surface area contributed by atoms with Gasteiger partial charge in [0.05, 0.1) is 0 Å². The smallest absolute Gasteiger partial charge is 0.151 e. The highest BCUT2D eigenvalue weighted by molar-refractivity contribution is 5.77. The minimum Gasteiger partial charge on any atom is -0.302 e. The van der Waals surface area contributed by atoms with Crippen LogP contribution in [0.1, 0.15) is 28.4 Å². The first-order valence-corrected chi connectivity index (χ1v) is 4.76. The zero-order valence-electron chi connectivity index (χ0n) is 8.95. The van der Waals surface area contributed by atoms with E-state index in [1.54, 1.807) is 12.4 Å². The number of carbonyl (C=O) groups is 1. The Bertz CT molecular complexity index is 323. The van der Waals surface area contributed by atoms with Gasteiger partial charge in [0.2, 0.25) is 0 Å². The Morgan fingerprint density at radius 3 is 2.79 bits per heavy atom. The van der Waals surface area contributed by atoms with Crippen molar-refractivity contribution >= 4 is 6.29 Å². The maximum atomic E-state index is 10.8. The molecule has 1 heterocycles. The van der Waals surface area contributed by atoms with Gasteiger partial charge in [-0.1, -0.05) is 6.92 Å². The lowest BCUT2D eigenvalue weighted by molar-refractivity contribution is 0.112. The lowest BCUT2D eigenvalue weighted by Crippen LogP contribution is -2.18. The van der Waals surface area contributed by atoms with Gasteiger partial charge in [0.15, 0.2) is 6.29 Å². The molecule has 1 aromatic heterocycles. The molecular weight excluding hydrogens is 176 g/mol. The van der Waals surface area contributed by atoms with E-state index in [2.05, 4.69) is 16.8 Å². The summed E-state index contributed by atoms with van der Waals surface area (Å²) in [6, 6.07) is 0. The lowest BCUT2D eigenvalue weighted by Gasteiger charge is -2.16. The highest BCUT2D eigenvalue weighted by atomic mass is 16.1. The van der Waals surface area contributed by atoms with Crippen LogP contribution in [-0.4, -0.2) is 29.8 Å². The molecule has 3 heteroatoms. The summed E-state index contributed by atoms with van der Waals surface area (Å²) >= 11 is 0. The van der Waals surface area contributed by atoms with Gasteiger partial charge in [-0.2, -0.15) is 0 Å². The molecule has 14 heavy (non-hydrogen) atoms. The Morgan fingerprint density at radius 2 is 2.21 bits per heavy atom. The number of carbonyl (C=O) groups excluding carboxylic acids is 1. The lowest BCUT2D eigenvalue weighted by atomic mass is 10.1. The third kappa shape index (κ3) is 2.39. The van der Waals surface area contributed by atoms with Crippen LogP contribution in [0.3, 0.4) is 0 Å². The van der Waals surface area contributed by atoms with Gasteiger partial charge < -0.3 is 4.90 Å². The van der Waals surface area contributed by atoms with Crippen LogP contribution in [0.5, 0.6) is 0 Å². The molecule has 0 aliphatic carbocycles. The zero-order valence-corrected chi connectivity index (χ0v) is 8.95. The van der Waals surface area contributed by atoms with E-state index < -0.39 is 0 Å². The molecule has 0 aliphatic rings. The Balaban J connectivity index is 2.98. The van der Waals surface area contributed by atoms with Crippen LogP contribution >= 0.6 is 0 Å². The molecule has 0 spiro atoms. The highest BCUT2D eigenvalue weighted by Crippen LogP contribution is 2.12. The van der Waals surface area contributed by atoms with Crippen LogP contribution in [0.15, 0.2) is 12.4 Å². The first-order chi connectivity index (χ1) is 6.69. The molecule has 0 aromatic carbocycles. The molecule has 1 rings (SSSR count). The maximum absolute atomic E-state index is 10.8. The van der Waals surface area contributed by atoms with Crippen LogP contribution in [0.2, 0.25) is 0 Å². The van der Waals surface area contributed by atoms with Crippen molar-refractivity contribution in [3.05, 3.63) is 29.1 Å². The highest BCUT2D eigenvalue weighted by Gasteiger charge is 2.07.